The molecule has 0 amide bonds. The van der Waals surface area contributed by atoms with Gasteiger partial charge < -0.3 is 0 Å². The summed E-state index contributed by atoms with van der Waals surface area (Å²) in [6.45, 7) is 4.15. The number of alkyl halides is 6. The summed E-state index contributed by atoms with van der Waals surface area (Å²) >= 11 is 1.27. The summed E-state index contributed by atoms with van der Waals surface area (Å²) in [7, 11) is 0. The highest BCUT2D eigenvalue weighted by atomic mass is 32.1. The Morgan fingerprint density at radius 1 is 0.581 bits per heavy atom. The van der Waals surface area contributed by atoms with Crippen LogP contribution in [0.25, 0.3) is 0 Å². The maximum absolute atomic E-state index is 13.7. The van der Waals surface area contributed by atoms with Crippen molar-refractivity contribution < 1.29 is 35.9 Å². The van der Waals surface area contributed by atoms with Gasteiger partial charge in [-0.2, -0.15) is 26.3 Å². The average Bonchev–Trinajstić information content (AvgIpc) is 3.54. The molecular weight excluding hydrogens is 586 g/mol. The molecule has 0 N–H and O–H groups in total. The lowest BCUT2D eigenvalue weighted by molar-refractivity contribution is -0.143. The number of ketones is 2. The lowest BCUT2D eigenvalue weighted by Gasteiger charge is -2.34. The molecule has 0 radical (unpaired) electrons. The van der Waals surface area contributed by atoms with Crippen LogP contribution in [0.2, 0.25) is 0 Å². The summed E-state index contributed by atoms with van der Waals surface area (Å²) in [5.41, 5.74) is 2.98. The van der Waals surface area contributed by atoms with Gasteiger partial charge >= 0.3 is 12.4 Å². The molecule has 0 bridgehead atoms. The number of benzene rings is 2. The highest BCUT2D eigenvalue weighted by Crippen LogP contribution is 2.61. The first-order valence-corrected chi connectivity index (χ1v) is 15.6. The lowest BCUT2D eigenvalue weighted by Crippen LogP contribution is -2.25. The third kappa shape index (κ3) is 4.68. The fourth-order valence-corrected chi connectivity index (χ4v) is 10.0. The van der Waals surface area contributed by atoms with Crippen LogP contribution in [0, 0.1) is 25.7 Å². The molecule has 2 fully saturated rings. The first kappa shape index (κ1) is 28.8. The van der Waals surface area contributed by atoms with Crippen molar-refractivity contribution in [3.63, 3.8) is 0 Å². The van der Waals surface area contributed by atoms with Crippen molar-refractivity contribution >= 4 is 22.9 Å². The number of fused-ring (bicyclic) bond motifs is 7. The van der Waals surface area contributed by atoms with Crippen LogP contribution < -0.4 is 0 Å². The van der Waals surface area contributed by atoms with Gasteiger partial charge in [-0.1, -0.05) is 29.3 Å². The van der Waals surface area contributed by atoms with Crippen molar-refractivity contribution in [2.75, 3.05) is 0 Å². The third-order valence-corrected chi connectivity index (χ3v) is 11.6. The van der Waals surface area contributed by atoms with Gasteiger partial charge in [-0.25, -0.2) is 0 Å². The minimum absolute atomic E-state index is 0.0196. The van der Waals surface area contributed by atoms with E-state index in [4.69, 9.17) is 0 Å². The number of aryl methyl sites for hydroxylation is 2. The topological polar surface area (TPSA) is 34.1 Å². The Kier molecular flexibility index (Phi) is 6.55. The van der Waals surface area contributed by atoms with E-state index in [9.17, 15) is 35.9 Å². The smallest absolute Gasteiger partial charge is 0.293 e. The monoisotopic (exact) mass is 616 g/mol. The van der Waals surface area contributed by atoms with Crippen molar-refractivity contribution in [2.24, 2.45) is 11.8 Å². The van der Waals surface area contributed by atoms with Gasteiger partial charge in [0.05, 0.1) is 20.9 Å². The standard InChI is InChI=1S/C34H30F6O2S/c1-15-7-16(2)9-19(8-15)17-3-5-23-25(12-17)29(41)31-27(23)28-24-6-4-18(13-26(24)30(42)32(28)43-31)20-10-21(33(35,36)37)14-22(11-20)34(38,39)40/h7-11,14,17-18,23-26H,3-6,12-13H2,1-2H3. The van der Waals surface area contributed by atoms with Crippen molar-refractivity contribution in [1.82, 2.24) is 0 Å². The average molecular weight is 617 g/mol. The number of carbonyl (C=O) groups is 2. The number of thiophene rings is 1. The summed E-state index contributed by atoms with van der Waals surface area (Å²) in [6.07, 6.45) is -6.19. The summed E-state index contributed by atoms with van der Waals surface area (Å²) in [5.74, 6) is -0.974. The van der Waals surface area contributed by atoms with E-state index in [0.717, 1.165) is 42.5 Å². The van der Waals surface area contributed by atoms with Gasteiger partial charge in [-0.15, -0.1) is 11.3 Å². The summed E-state index contributed by atoms with van der Waals surface area (Å²) < 4.78 is 81.1. The molecule has 43 heavy (non-hydrogen) atoms. The highest BCUT2D eigenvalue weighted by molar-refractivity contribution is 7.16. The zero-order valence-corrected chi connectivity index (χ0v) is 24.5. The highest BCUT2D eigenvalue weighted by Gasteiger charge is 2.53. The van der Waals surface area contributed by atoms with E-state index in [0.29, 0.717) is 28.5 Å². The second-order valence-corrected chi connectivity index (χ2v) is 14.0. The van der Waals surface area contributed by atoms with Gasteiger partial charge in [0, 0.05) is 11.8 Å². The molecule has 2 saturated carbocycles. The van der Waals surface area contributed by atoms with Gasteiger partial charge in [0.2, 0.25) is 0 Å². The second kappa shape index (κ2) is 9.78. The predicted molar refractivity (Wildman–Crippen MR) is 151 cm³/mol. The van der Waals surface area contributed by atoms with E-state index >= 15 is 0 Å². The van der Waals surface area contributed by atoms with Gasteiger partial charge in [0.1, 0.15) is 0 Å². The maximum Gasteiger partial charge on any atom is 0.416 e. The molecule has 226 valence electrons. The number of halogens is 6. The van der Waals surface area contributed by atoms with Gasteiger partial charge in [-0.3, -0.25) is 9.59 Å². The Balaban J connectivity index is 1.16. The van der Waals surface area contributed by atoms with Gasteiger partial charge in [-0.05, 0) is 116 Å². The number of hydrogen-bond acceptors (Lipinski definition) is 3. The molecule has 0 aliphatic heterocycles. The first-order chi connectivity index (χ1) is 20.2. The zero-order valence-electron chi connectivity index (χ0n) is 23.7. The molecule has 7 rings (SSSR count). The minimum atomic E-state index is -4.92. The Morgan fingerprint density at radius 3 is 1.42 bits per heavy atom. The van der Waals surface area contributed by atoms with Gasteiger partial charge in [0.15, 0.2) is 11.6 Å². The lowest BCUT2D eigenvalue weighted by atomic mass is 9.68. The maximum atomic E-state index is 13.7. The van der Waals surface area contributed by atoms with Crippen LogP contribution in [0.5, 0.6) is 0 Å². The van der Waals surface area contributed by atoms with Crippen LogP contribution in [0.15, 0.2) is 36.4 Å². The molecule has 6 unspecified atom stereocenters. The number of carbonyl (C=O) groups excluding carboxylic acids is 2. The van der Waals surface area contributed by atoms with Crippen molar-refractivity contribution in [2.45, 2.75) is 88.4 Å². The van der Waals surface area contributed by atoms with Crippen molar-refractivity contribution in [3.8, 4) is 0 Å². The van der Waals surface area contributed by atoms with E-state index in [1.807, 2.05) is 0 Å². The normalized spacial score (nSPS) is 28.5. The molecule has 2 aromatic carbocycles. The molecule has 0 saturated heterocycles. The van der Waals surface area contributed by atoms with E-state index in [1.165, 1.54) is 28.0 Å². The molecule has 1 heterocycles. The van der Waals surface area contributed by atoms with Crippen molar-refractivity contribution in [1.29, 1.82) is 0 Å². The largest absolute Gasteiger partial charge is 0.416 e. The molecule has 0 spiro atoms. The van der Waals surface area contributed by atoms with Crippen LogP contribution in [-0.2, 0) is 12.4 Å². The van der Waals surface area contributed by atoms with E-state index in [1.54, 1.807) is 0 Å². The van der Waals surface area contributed by atoms with Crippen LogP contribution in [0.3, 0.4) is 0 Å². The minimum Gasteiger partial charge on any atom is -0.293 e. The number of hydrogen-bond donors (Lipinski definition) is 0. The molecule has 4 aliphatic carbocycles. The molecule has 6 atom stereocenters. The fraction of sp³-hybridized carbons (Fsp3) is 0.471. The summed E-state index contributed by atoms with van der Waals surface area (Å²) in [6, 6.07) is 8.32. The summed E-state index contributed by atoms with van der Waals surface area (Å²) in [4.78, 5) is 28.6. The Hall–Kier alpha value is -2.94. The first-order valence-electron chi connectivity index (χ1n) is 14.8. The van der Waals surface area contributed by atoms with Crippen LogP contribution in [0.4, 0.5) is 26.3 Å². The van der Waals surface area contributed by atoms with Crippen LogP contribution in [-0.4, -0.2) is 11.6 Å². The van der Waals surface area contributed by atoms with Crippen molar-refractivity contribution in [3.05, 3.63) is 90.7 Å². The summed E-state index contributed by atoms with van der Waals surface area (Å²) in [5, 5.41) is 0. The SMILES string of the molecule is Cc1cc(C)cc(C2CCC3c4c(sc5c4C4CCC(c6cc(C(F)(F)F)cc(C(F)(F)F)c6)CC4C5=O)C(=O)C3C2)c1. The Bertz CT molecular complexity index is 1610. The zero-order chi connectivity index (χ0) is 30.6. The van der Waals surface area contributed by atoms with E-state index in [2.05, 4.69) is 32.0 Å². The second-order valence-electron chi connectivity index (χ2n) is 13.0. The molecule has 4 aliphatic rings. The molecule has 9 heteroatoms. The molecule has 3 aromatic rings. The van der Waals surface area contributed by atoms with E-state index < -0.39 is 35.3 Å². The van der Waals surface area contributed by atoms with Gasteiger partial charge in [0.25, 0.3) is 0 Å². The van der Waals surface area contributed by atoms with E-state index in [-0.39, 0.29) is 47.4 Å². The number of Topliss-reactive ketones (excluding diaryl/α,β-unsaturated/α-hetero) is 2. The third-order valence-electron chi connectivity index (χ3n) is 10.3. The molecule has 2 nitrogen and oxygen atoms in total. The van der Waals surface area contributed by atoms with Crippen LogP contribution in [0.1, 0.15) is 126 Å². The Labute approximate surface area is 249 Å². The molecule has 1 aromatic heterocycles. The number of rotatable bonds is 2. The Morgan fingerprint density at radius 2 is 1.00 bits per heavy atom. The fourth-order valence-electron chi connectivity index (χ4n) is 8.57. The quantitative estimate of drug-likeness (QED) is 0.269. The van der Waals surface area contributed by atoms with Crippen LogP contribution >= 0.6 is 11.3 Å². The molecular formula is C34H30F6O2S. The predicted octanol–water partition coefficient (Wildman–Crippen LogP) is 10.1.